The molecule has 1 N–H and O–H groups in total. The second-order valence-corrected chi connectivity index (χ2v) is 6.16. The molecule has 0 saturated carbocycles. The van der Waals surface area contributed by atoms with Crippen molar-refractivity contribution in [1.82, 2.24) is 15.2 Å². The van der Waals surface area contributed by atoms with Crippen LogP contribution in [0.2, 0.25) is 0 Å². The summed E-state index contributed by atoms with van der Waals surface area (Å²) in [6.07, 6.45) is 2.12. The molecule has 0 aliphatic carbocycles. The van der Waals surface area contributed by atoms with Crippen molar-refractivity contribution in [1.29, 1.82) is 0 Å². The highest BCUT2D eigenvalue weighted by Gasteiger charge is 2.30. The fourth-order valence-corrected chi connectivity index (χ4v) is 3.49. The number of carbonyl (C=O) groups excluding carboxylic acids is 1. The lowest BCUT2D eigenvalue weighted by Crippen LogP contribution is -2.40. The summed E-state index contributed by atoms with van der Waals surface area (Å²) < 4.78 is 5.56. The van der Waals surface area contributed by atoms with Crippen molar-refractivity contribution in [2.45, 2.75) is 25.8 Å². The molecule has 112 valence electrons. The van der Waals surface area contributed by atoms with Crippen LogP contribution in [-0.2, 0) is 0 Å². The van der Waals surface area contributed by atoms with E-state index in [1.54, 1.807) is 0 Å². The van der Waals surface area contributed by atoms with Crippen molar-refractivity contribution in [2.75, 3.05) is 20.1 Å². The van der Waals surface area contributed by atoms with Crippen molar-refractivity contribution in [3.05, 3.63) is 29.0 Å². The molecule has 21 heavy (non-hydrogen) atoms. The van der Waals surface area contributed by atoms with Gasteiger partial charge < -0.3 is 14.6 Å². The highest BCUT2D eigenvalue weighted by molar-refractivity contribution is 7.13. The predicted molar refractivity (Wildman–Crippen MR) is 82.5 cm³/mol. The number of furan rings is 1. The van der Waals surface area contributed by atoms with E-state index >= 15 is 0 Å². The van der Waals surface area contributed by atoms with E-state index in [0.29, 0.717) is 5.69 Å². The maximum absolute atomic E-state index is 12.6. The van der Waals surface area contributed by atoms with Gasteiger partial charge in [-0.05, 0) is 38.9 Å². The molecular formula is C15H19N3O2S. The maximum Gasteiger partial charge on any atom is 0.273 e. The molecule has 3 heterocycles. The average molecular weight is 305 g/mol. The van der Waals surface area contributed by atoms with Gasteiger partial charge in [-0.25, -0.2) is 4.98 Å². The first-order valence-electron chi connectivity index (χ1n) is 7.17. The molecule has 1 amide bonds. The number of aryl methyl sites for hydroxylation is 1. The largest absolute Gasteiger partial charge is 0.459 e. The number of nitrogens with zero attached hydrogens (tertiary/aromatic N) is 2. The van der Waals surface area contributed by atoms with Crippen LogP contribution in [0.1, 0.15) is 29.1 Å². The predicted octanol–water partition coefficient (Wildman–Crippen LogP) is 2.54. The Morgan fingerprint density at radius 3 is 3.14 bits per heavy atom. The van der Waals surface area contributed by atoms with Crippen LogP contribution >= 0.6 is 11.3 Å². The number of likely N-dealkylation sites (N-methyl/N-ethyl adjacent to an activating group) is 1. The molecular weight excluding hydrogens is 286 g/mol. The molecule has 2 aromatic heterocycles. The van der Waals surface area contributed by atoms with E-state index in [1.165, 1.54) is 11.3 Å². The van der Waals surface area contributed by atoms with E-state index in [4.69, 9.17) is 4.42 Å². The molecule has 1 aliphatic heterocycles. The zero-order chi connectivity index (χ0) is 14.8. The van der Waals surface area contributed by atoms with Crippen LogP contribution in [0.3, 0.4) is 0 Å². The highest BCUT2D eigenvalue weighted by Crippen LogP contribution is 2.27. The Bertz CT molecular complexity index is 634. The van der Waals surface area contributed by atoms with Gasteiger partial charge in [-0.15, -0.1) is 11.3 Å². The molecule has 1 fully saturated rings. The van der Waals surface area contributed by atoms with Gasteiger partial charge in [0.25, 0.3) is 5.91 Å². The summed E-state index contributed by atoms with van der Waals surface area (Å²) in [5.41, 5.74) is 0.520. The van der Waals surface area contributed by atoms with Crippen LogP contribution in [-0.4, -0.2) is 42.0 Å². The van der Waals surface area contributed by atoms with Crippen LogP contribution in [0.4, 0.5) is 0 Å². The van der Waals surface area contributed by atoms with Gasteiger partial charge in [-0.1, -0.05) is 0 Å². The number of nitrogens with one attached hydrogen (secondary N) is 1. The first-order chi connectivity index (χ1) is 10.2. The molecule has 0 bridgehead atoms. The Kier molecular flexibility index (Phi) is 4.07. The number of amides is 1. The standard InChI is InChI=1S/C15H19N3O2S/c1-10-5-6-13(20-10)14-17-12(9-21-14)15(19)18-7-3-4-11(18)8-16-2/h5-6,9,11,16H,3-4,7-8H2,1-2H3. The van der Waals surface area contributed by atoms with Crippen molar-refractivity contribution >= 4 is 17.2 Å². The number of likely N-dealkylation sites (tertiary alicyclic amines) is 1. The van der Waals surface area contributed by atoms with Crippen molar-refractivity contribution in [3.63, 3.8) is 0 Å². The van der Waals surface area contributed by atoms with E-state index in [-0.39, 0.29) is 11.9 Å². The number of aromatic nitrogens is 1. The first-order valence-corrected chi connectivity index (χ1v) is 8.05. The van der Waals surface area contributed by atoms with Crippen molar-refractivity contribution in [3.8, 4) is 10.8 Å². The fraction of sp³-hybridized carbons (Fsp3) is 0.467. The van der Waals surface area contributed by atoms with Gasteiger partial charge in [0.05, 0.1) is 0 Å². The Hall–Kier alpha value is -1.66. The third kappa shape index (κ3) is 2.87. The molecule has 1 unspecified atom stereocenters. The number of carbonyl (C=O) groups is 1. The van der Waals surface area contributed by atoms with E-state index in [9.17, 15) is 4.79 Å². The Morgan fingerprint density at radius 2 is 2.43 bits per heavy atom. The van der Waals surface area contributed by atoms with E-state index in [1.807, 2.05) is 36.4 Å². The maximum atomic E-state index is 12.6. The van der Waals surface area contributed by atoms with Crippen molar-refractivity contribution < 1.29 is 9.21 Å². The zero-order valence-corrected chi connectivity index (χ0v) is 13.1. The zero-order valence-electron chi connectivity index (χ0n) is 12.3. The second kappa shape index (κ2) is 5.99. The molecule has 0 radical (unpaired) electrons. The van der Waals surface area contributed by atoms with Crippen LogP contribution in [0.15, 0.2) is 21.9 Å². The summed E-state index contributed by atoms with van der Waals surface area (Å²) in [7, 11) is 1.92. The van der Waals surface area contributed by atoms with Gasteiger partial charge in [-0.2, -0.15) is 0 Å². The molecule has 0 aromatic carbocycles. The normalized spacial score (nSPS) is 18.4. The minimum absolute atomic E-state index is 0.0264. The summed E-state index contributed by atoms with van der Waals surface area (Å²) in [6.45, 7) is 3.55. The van der Waals surface area contributed by atoms with Gasteiger partial charge in [0.15, 0.2) is 10.8 Å². The summed E-state index contributed by atoms with van der Waals surface area (Å²) in [4.78, 5) is 19.0. The Morgan fingerprint density at radius 1 is 1.57 bits per heavy atom. The highest BCUT2D eigenvalue weighted by atomic mass is 32.1. The molecule has 1 aliphatic rings. The molecule has 5 nitrogen and oxygen atoms in total. The quantitative estimate of drug-likeness (QED) is 0.943. The van der Waals surface area contributed by atoms with Gasteiger partial charge in [0.1, 0.15) is 11.5 Å². The summed E-state index contributed by atoms with van der Waals surface area (Å²) >= 11 is 1.45. The summed E-state index contributed by atoms with van der Waals surface area (Å²) in [5, 5.41) is 5.74. The van der Waals surface area contributed by atoms with Gasteiger partial charge in [0, 0.05) is 24.5 Å². The molecule has 1 saturated heterocycles. The molecule has 1 atom stereocenters. The second-order valence-electron chi connectivity index (χ2n) is 5.30. The van der Waals surface area contributed by atoms with Gasteiger partial charge >= 0.3 is 0 Å². The molecule has 6 heteroatoms. The lowest BCUT2D eigenvalue weighted by atomic mass is 10.2. The van der Waals surface area contributed by atoms with Gasteiger partial charge in [0.2, 0.25) is 0 Å². The van der Waals surface area contributed by atoms with E-state index in [0.717, 1.165) is 42.5 Å². The summed E-state index contributed by atoms with van der Waals surface area (Å²) in [5.74, 6) is 1.60. The van der Waals surface area contributed by atoms with Crippen LogP contribution in [0.25, 0.3) is 10.8 Å². The monoisotopic (exact) mass is 305 g/mol. The third-order valence-corrected chi connectivity index (χ3v) is 4.61. The third-order valence-electron chi connectivity index (χ3n) is 3.75. The minimum atomic E-state index is 0.0264. The topological polar surface area (TPSA) is 58.4 Å². The van der Waals surface area contributed by atoms with Crippen LogP contribution in [0, 0.1) is 6.92 Å². The summed E-state index contributed by atoms with van der Waals surface area (Å²) in [6, 6.07) is 4.07. The smallest absolute Gasteiger partial charge is 0.273 e. The lowest BCUT2D eigenvalue weighted by Gasteiger charge is -2.23. The molecule has 3 rings (SSSR count). The van der Waals surface area contributed by atoms with Crippen molar-refractivity contribution in [2.24, 2.45) is 0 Å². The number of rotatable bonds is 4. The average Bonchev–Trinajstić information content (AvgIpc) is 3.17. The Labute approximate surface area is 128 Å². The first kappa shape index (κ1) is 14.3. The molecule has 2 aromatic rings. The van der Waals surface area contributed by atoms with Crippen LogP contribution < -0.4 is 5.32 Å². The SMILES string of the molecule is CNCC1CCCN1C(=O)c1csc(-c2ccc(C)o2)n1. The minimum Gasteiger partial charge on any atom is -0.459 e. The van der Waals surface area contributed by atoms with Crippen LogP contribution in [0.5, 0.6) is 0 Å². The van der Waals surface area contributed by atoms with E-state index in [2.05, 4.69) is 10.3 Å². The number of hydrogen-bond donors (Lipinski definition) is 1. The molecule has 0 spiro atoms. The lowest BCUT2D eigenvalue weighted by molar-refractivity contribution is 0.0732. The van der Waals surface area contributed by atoms with Gasteiger partial charge in [-0.3, -0.25) is 4.79 Å². The van der Waals surface area contributed by atoms with E-state index < -0.39 is 0 Å². The fourth-order valence-electron chi connectivity index (χ4n) is 2.73. The number of thiazole rings is 1. The number of hydrogen-bond acceptors (Lipinski definition) is 5. The Balaban J connectivity index is 1.78.